The largest absolute Gasteiger partial charge is 0.433 e. The first kappa shape index (κ1) is 37.8. The average Bonchev–Trinajstić information content (AvgIpc) is 2.67. The van der Waals surface area contributed by atoms with Gasteiger partial charge in [0.1, 0.15) is 0 Å². The molecule has 0 saturated heterocycles. The van der Waals surface area contributed by atoms with Gasteiger partial charge >= 0.3 is 44.2 Å². The molecule has 0 N–H and O–H groups in total. The molecule has 226 valence electrons. The quantitative estimate of drug-likeness (QED) is 0.123. The van der Waals surface area contributed by atoms with Crippen LogP contribution in [0, 0.1) is 0 Å². The summed E-state index contributed by atoms with van der Waals surface area (Å²) in [5.41, 5.74) is 2.91. The fourth-order valence-electron chi connectivity index (χ4n) is 3.58. The first-order chi connectivity index (χ1) is 16.6. The molecule has 18 heteroatoms. The van der Waals surface area contributed by atoms with Crippen LogP contribution in [-0.2, 0) is 16.5 Å². The summed E-state index contributed by atoms with van der Waals surface area (Å²) in [6, 6.07) is -2.01. The minimum Gasteiger partial charge on any atom is -0.433 e. The normalized spacial score (nSPS) is 18.8. The van der Waals surface area contributed by atoms with E-state index in [1.54, 1.807) is 26.2 Å². The fourth-order valence-corrected chi connectivity index (χ4v) is 26.7. The van der Waals surface area contributed by atoms with Crippen LogP contribution in [0.3, 0.4) is 0 Å². The Morgan fingerprint density at radius 1 is 0.474 bits per heavy atom. The van der Waals surface area contributed by atoms with Crippen molar-refractivity contribution in [1.82, 2.24) is 0 Å². The standard InChI is InChI=1S/C20H39F9O4Si5/c1-10-34(3,4)30-36(7,15-12-18(21,22)23)32-38(9,17-14-20(27,28)29)33-37(8,16-13-19(24,25)26)31-35(5,6)11-2/h10-11H,1-2,12-17H2,3-9H3. The number of hydrogen-bond donors (Lipinski definition) is 0. The second-order valence-corrected chi connectivity index (χ2v) is 29.6. The van der Waals surface area contributed by atoms with Crippen molar-refractivity contribution in [3.63, 3.8) is 0 Å². The molecule has 0 aliphatic heterocycles. The highest BCUT2D eigenvalue weighted by molar-refractivity contribution is 6.92. The van der Waals surface area contributed by atoms with Gasteiger partial charge in [-0.2, -0.15) is 39.5 Å². The van der Waals surface area contributed by atoms with Gasteiger partial charge in [0.15, 0.2) is 16.6 Å². The Morgan fingerprint density at radius 2 is 0.684 bits per heavy atom. The second kappa shape index (κ2) is 13.2. The summed E-state index contributed by atoms with van der Waals surface area (Å²) in [5.74, 6) is 0. The van der Waals surface area contributed by atoms with Crippen molar-refractivity contribution in [2.24, 2.45) is 0 Å². The highest BCUT2D eigenvalue weighted by atomic mass is 28.5. The maximum absolute atomic E-state index is 13.3. The molecule has 0 spiro atoms. The Morgan fingerprint density at radius 3 is 0.868 bits per heavy atom. The van der Waals surface area contributed by atoms with Crippen molar-refractivity contribution in [3.8, 4) is 0 Å². The summed E-state index contributed by atoms with van der Waals surface area (Å²) in [6.45, 7) is 17.7. The van der Waals surface area contributed by atoms with E-state index in [2.05, 4.69) is 13.2 Å². The van der Waals surface area contributed by atoms with Gasteiger partial charge in [-0.15, -0.1) is 13.2 Å². The van der Waals surface area contributed by atoms with Crippen molar-refractivity contribution >= 4 is 42.3 Å². The summed E-state index contributed by atoms with van der Waals surface area (Å²) >= 11 is 0. The van der Waals surface area contributed by atoms with Gasteiger partial charge in [-0.1, -0.05) is 11.4 Å². The molecule has 0 heterocycles. The number of alkyl halides is 9. The molecule has 0 radical (unpaired) electrons. The van der Waals surface area contributed by atoms with Crippen molar-refractivity contribution in [1.29, 1.82) is 0 Å². The van der Waals surface area contributed by atoms with E-state index in [1.165, 1.54) is 31.0 Å². The highest BCUT2D eigenvalue weighted by Crippen LogP contribution is 2.38. The van der Waals surface area contributed by atoms with E-state index in [-0.39, 0.29) is 0 Å². The number of rotatable bonds is 16. The molecule has 0 aromatic heterocycles. The summed E-state index contributed by atoms with van der Waals surface area (Å²) in [7, 11) is -17.6. The third-order valence-corrected chi connectivity index (χ3v) is 25.4. The molecule has 2 unspecified atom stereocenters. The molecule has 0 aromatic rings. The van der Waals surface area contributed by atoms with Gasteiger partial charge in [-0.05, 0) is 64.0 Å². The molecule has 0 aliphatic carbocycles. The third-order valence-electron chi connectivity index (χ3n) is 5.39. The molecule has 2 atom stereocenters. The lowest BCUT2D eigenvalue weighted by Crippen LogP contribution is -2.61. The van der Waals surface area contributed by atoms with E-state index < -0.39 is 98.2 Å². The van der Waals surface area contributed by atoms with Crippen LogP contribution in [-0.4, -0.2) is 60.8 Å². The molecular weight excluding hydrogens is 616 g/mol. The summed E-state index contributed by atoms with van der Waals surface area (Å²) in [4.78, 5) is 0. The molecular formula is C20H39F9O4Si5. The first-order valence-electron chi connectivity index (χ1n) is 11.8. The van der Waals surface area contributed by atoms with E-state index in [1.807, 2.05) is 0 Å². The lowest BCUT2D eigenvalue weighted by atomic mass is 10.5. The number of hydrogen-bond acceptors (Lipinski definition) is 4. The zero-order valence-corrected chi connectivity index (χ0v) is 27.8. The Bertz CT molecular complexity index is 738. The van der Waals surface area contributed by atoms with Gasteiger partial charge in [0.05, 0.1) is 0 Å². The average molecular weight is 655 g/mol. The minimum absolute atomic E-state index is 0.632. The van der Waals surface area contributed by atoms with Crippen molar-refractivity contribution in [2.75, 3.05) is 0 Å². The van der Waals surface area contributed by atoms with Crippen LogP contribution in [0.2, 0.25) is 64.0 Å². The predicted molar refractivity (Wildman–Crippen MR) is 141 cm³/mol. The molecule has 0 fully saturated rings. The minimum atomic E-state index is -4.67. The molecule has 4 nitrogen and oxygen atoms in total. The van der Waals surface area contributed by atoms with Gasteiger partial charge < -0.3 is 16.5 Å². The van der Waals surface area contributed by atoms with Gasteiger partial charge in [0.2, 0.25) is 0 Å². The monoisotopic (exact) mass is 654 g/mol. The van der Waals surface area contributed by atoms with Crippen molar-refractivity contribution < 1.29 is 56.0 Å². The maximum Gasteiger partial charge on any atom is 0.389 e. The van der Waals surface area contributed by atoms with Crippen LogP contribution < -0.4 is 0 Å². The van der Waals surface area contributed by atoms with Gasteiger partial charge in [-0.25, -0.2) is 0 Å². The van der Waals surface area contributed by atoms with Crippen LogP contribution in [0.25, 0.3) is 0 Å². The fraction of sp³-hybridized carbons (Fsp3) is 0.800. The highest BCUT2D eigenvalue weighted by Gasteiger charge is 2.53. The lowest BCUT2D eigenvalue weighted by molar-refractivity contribution is -0.132. The molecule has 38 heavy (non-hydrogen) atoms. The first-order valence-corrected chi connectivity index (χ1v) is 25.4. The van der Waals surface area contributed by atoms with E-state index in [0.29, 0.717) is 0 Å². The molecule has 0 saturated carbocycles. The summed E-state index contributed by atoms with van der Waals surface area (Å²) < 4.78 is 143. The Kier molecular flexibility index (Phi) is 13.1. The smallest absolute Gasteiger partial charge is 0.389 e. The van der Waals surface area contributed by atoms with Crippen LogP contribution in [0.1, 0.15) is 19.3 Å². The van der Waals surface area contributed by atoms with E-state index >= 15 is 0 Å². The van der Waals surface area contributed by atoms with Crippen LogP contribution in [0.5, 0.6) is 0 Å². The van der Waals surface area contributed by atoms with Crippen LogP contribution in [0.15, 0.2) is 24.6 Å². The second-order valence-electron chi connectivity index (χ2n) is 10.8. The summed E-state index contributed by atoms with van der Waals surface area (Å²) in [5, 5.41) is 0. The Hall–Kier alpha value is -0.226. The van der Waals surface area contributed by atoms with Crippen LogP contribution >= 0.6 is 0 Å². The lowest BCUT2D eigenvalue weighted by Gasteiger charge is -2.45. The molecule has 0 rings (SSSR count). The summed E-state index contributed by atoms with van der Waals surface area (Å²) in [6.07, 6.45) is -17.9. The maximum atomic E-state index is 13.3. The SMILES string of the molecule is C=C[Si](C)(C)O[Si](C)(CCC(F)(F)F)O[Si](C)(CCC(F)(F)F)O[Si](C)(CCC(F)(F)F)O[Si](C)(C)C=C. The van der Waals surface area contributed by atoms with Gasteiger partial charge in [0, 0.05) is 19.3 Å². The van der Waals surface area contributed by atoms with E-state index in [0.717, 1.165) is 0 Å². The Balaban J connectivity index is 6.60. The topological polar surface area (TPSA) is 36.9 Å². The van der Waals surface area contributed by atoms with Crippen molar-refractivity contribution in [3.05, 3.63) is 24.6 Å². The molecule has 0 bridgehead atoms. The zero-order chi connectivity index (χ0) is 30.5. The zero-order valence-electron chi connectivity index (χ0n) is 22.8. The predicted octanol–water partition coefficient (Wildman–Crippen LogP) is 8.99. The molecule has 0 amide bonds. The third kappa shape index (κ3) is 16.8. The molecule has 0 aromatic carbocycles. The van der Waals surface area contributed by atoms with Gasteiger partial charge in [-0.3, -0.25) is 0 Å². The Labute approximate surface area is 224 Å². The van der Waals surface area contributed by atoms with Gasteiger partial charge in [0.25, 0.3) is 0 Å². The van der Waals surface area contributed by atoms with Crippen molar-refractivity contribution in [2.45, 2.75) is 102 Å². The van der Waals surface area contributed by atoms with E-state index in [9.17, 15) is 39.5 Å². The van der Waals surface area contributed by atoms with E-state index in [4.69, 9.17) is 16.5 Å². The van der Waals surface area contributed by atoms with Crippen LogP contribution in [0.4, 0.5) is 39.5 Å². The number of halogens is 9. The molecule has 0 aliphatic rings.